The van der Waals surface area contributed by atoms with E-state index in [1.165, 1.54) is 49.4 Å². The van der Waals surface area contributed by atoms with Crippen LogP contribution in [0.25, 0.3) is 6.08 Å². The van der Waals surface area contributed by atoms with Gasteiger partial charge in [-0.05, 0) is 61.4 Å². The molecule has 4 nitrogen and oxygen atoms in total. The Morgan fingerprint density at radius 3 is 2.69 bits per heavy atom. The zero-order chi connectivity index (χ0) is 17.9. The molecule has 2 aromatic rings. The second kappa shape index (κ2) is 7.54. The lowest BCUT2D eigenvalue weighted by molar-refractivity contribution is -0.115. The Kier molecular flexibility index (Phi) is 4.98. The lowest BCUT2D eigenvalue weighted by Gasteiger charge is -2.23. The fourth-order valence-corrected chi connectivity index (χ4v) is 4.33. The molecular formula is C21H23N3OS. The van der Waals surface area contributed by atoms with E-state index in [2.05, 4.69) is 33.3 Å². The van der Waals surface area contributed by atoms with Crippen LogP contribution in [0.15, 0.2) is 52.6 Å². The highest BCUT2D eigenvalue weighted by atomic mass is 32.2. The van der Waals surface area contributed by atoms with Crippen LogP contribution >= 0.6 is 11.8 Å². The number of carbonyl (C=O) groups excluding carboxylic acids is 1. The van der Waals surface area contributed by atoms with Crippen molar-refractivity contribution < 1.29 is 4.79 Å². The van der Waals surface area contributed by atoms with Gasteiger partial charge >= 0.3 is 0 Å². The summed E-state index contributed by atoms with van der Waals surface area (Å²) in [6.07, 6.45) is 12.8. The zero-order valence-corrected chi connectivity index (χ0v) is 15.8. The maximum absolute atomic E-state index is 12.3. The van der Waals surface area contributed by atoms with Crippen LogP contribution in [0.3, 0.4) is 0 Å². The van der Waals surface area contributed by atoms with Gasteiger partial charge in [0.1, 0.15) is 0 Å². The van der Waals surface area contributed by atoms with Gasteiger partial charge in [-0.25, -0.2) is 4.99 Å². The van der Waals surface area contributed by atoms with Crippen LogP contribution < -0.4 is 5.32 Å². The summed E-state index contributed by atoms with van der Waals surface area (Å²) >= 11 is 1.40. The van der Waals surface area contributed by atoms with Crippen LogP contribution in [-0.2, 0) is 4.79 Å². The first-order chi connectivity index (χ1) is 12.7. The summed E-state index contributed by atoms with van der Waals surface area (Å²) in [5, 5.41) is 3.49. The molecule has 1 amide bonds. The summed E-state index contributed by atoms with van der Waals surface area (Å²) in [5.41, 5.74) is 3.12. The average molecular weight is 366 g/mol. The highest BCUT2D eigenvalue weighted by Crippen LogP contribution is 2.31. The standard InChI is InChI=1S/C21H23N3OS/c1-15-7-9-17(10-8-15)22-21-23-20(25)19(26-21)13-16-11-12-24(14-16)18-5-3-2-4-6-18/h7-14,18H,2-6H2,1H3,(H,22,23,25)/b19-13+. The average Bonchev–Trinajstić information content (AvgIpc) is 3.25. The Morgan fingerprint density at radius 2 is 1.92 bits per heavy atom. The molecule has 2 aliphatic rings. The topological polar surface area (TPSA) is 46.4 Å². The number of carbonyl (C=O) groups is 1. The fourth-order valence-electron chi connectivity index (χ4n) is 3.49. The molecule has 2 heterocycles. The maximum atomic E-state index is 12.3. The van der Waals surface area contributed by atoms with Gasteiger partial charge in [-0.1, -0.05) is 37.0 Å². The predicted molar refractivity (Wildman–Crippen MR) is 109 cm³/mol. The number of nitrogens with zero attached hydrogens (tertiary/aromatic N) is 2. The third-order valence-corrected chi connectivity index (χ3v) is 5.86. The molecule has 134 valence electrons. The van der Waals surface area contributed by atoms with Crippen molar-refractivity contribution in [1.82, 2.24) is 9.88 Å². The molecule has 0 unspecified atom stereocenters. The predicted octanol–water partition coefficient (Wildman–Crippen LogP) is 5.19. The van der Waals surface area contributed by atoms with Crippen molar-refractivity contribution in [2.75, 3.05) is 0 Å². The summed E-state index contributed by atoms with van der Waals surface area (Å²) < 4.78 is 2.31. The molecule has 1 saturated carbocycles. The molecule has 1 aliphatic carbocycles. The van der Waals surface area contributed by atoms with Crippen molar-refractivity contribution >= 4 is 34.6 Å². The number of hydrogen-bond acceptors (Lipinski definition) is 3. The summed E-state index contributed by atoms with van der Waals surface area (Å²) in [4.78, 5) is 17.5. The van der Waals surface area contributed by atoms with Crippen LogP contribution in [-0.4, -0.2) is 15.6 Å². The molecule has 5 heteroatoms. The molecule has 1 aromatic carbocycles. The molecule has 2 fully saturated rings. The number of aromatic nitrogens is 1. The summed E-state index contributed by atoms with van der Waals surface area (Å²) in [6.45, 7) is 2.04. The number of benzene rings is 1. The number of nitrogens with one attached hydrogen (secondary N) is 1. The van der Waals surface area contributed by atoms with Crippen molar-refractivity contribution in [3.05, 3.63) is 58.8 Å². The number of rotatable bonds is 3. The minimum atomic E-state index is -0.0775. The Hall–Kier alpha value is -2.27. The van der Waals surface area contributed by atoms with Crippen LogP contribution in [0.4, 0.5) is 5.69 Å². The van der Waals surface area contributed by atoms with Crippen molar-refractivity contribution in [3.8, 4) is 0 Å². The van der Waals surface area contributed by atoms with Crippen molar-refractivity contribution in [2.24, 2.45) is 4.99 Å². The number of thioether (sulfide) groups is 1. The van der Waals surface area contributed by atoms with E-state index in [1.54, 1.807) is 0 Å². The van der Waals surface area contributed by atoms with Gasteiger partial charge in [0, 0.05) is 18.4 Å². The number of hydrogen-bond donors (Lipinski definition) is 1. The van der Waals surface area contributed by atoms with Gasteiger partial charge in [0.05, 0.1) is 10.6 Å². The first kappa shape index (κ1) is 17.2. The van der Waals surface area contributed by atoms with Crippen LogP contribution in [0, 0.1) is 6.92 Å². The van der Waals surface area contributed by atoms with Crippen LogP contribution in [0.1, 0.15) is 49.3 Å². The molecule has 0 bridgehead atoms. The lowest BCUT2D eigenvalue weighted by atomic mass is 9.95. The summed E-state index contributed by atoms with van der Waals surface area (Å²) in [5.74, 6) is -0.0775. The maximum Gasteiger partial charge on any atom is 0.264 e. The quantitative estimate of drug-likeness (QED) is 0.761. The fraction of sp³-hybridized carbons (Fsp3) is 0.333. The highest BCUT2D eigenvalue weighted by molar-refractivity contribution is 8.18. The number of amidine groups is 1. The highest BCUT2D eigenvalue weighted by Gasteiger charge is 2.24. The van der Waals surface area contributed by atoms with Crippen molar-refractivity contribution in [3.63, 3.8) is 0 Å². The van der Waals surface area contributed by atoms with Crippen molar-refractivity contribution in [2.45, 2.75) is 45.1 Å². The SMILES string of the molecule is Cc1ccc(N=C2NC(=O)/C(=C\c3ccn(C4CCCCC4)c3)S2)cc1. The summed E-state index contributed by atoms with van der Waals surface area (Å²) in [7, 11) is 0. The first-order valence-electron chi connectivity index (χ1n) is 9.21. The third-order valence-electron chi connectivity index (χ3n) is 4.95. The molecule has 26 heavy (non-hydrogen) atoms. The second-order valence-electron chi connectivity index (χ2n) is 7.00. The molecule has 0 atom stereocenters. The van der Waals surface area contributed by atoms with E-state index in [0.29, 0.717) is 16.1 Å². The number of amides is 1. The smallest absolute Gasteiger partial charge is 0.264 e. The third kappa shape index (κ3) is 3.93. The Balaban J connectivity index is 1.48. The van der Waals surface area contributed by atoms with E-state index in [1.807, 2.05) is 37.3 Å². The molecule has 4 rings (SSSR count). The van der Waals surface area contributed by atoms with E-state index in [9.17, 15) is 4.79 Å². The van der Waals surface area contributed by atoms with Gasteiger partial charge in [-0.15, -0.1) is 0 Å². The van der Waals surface area contributed by atoms with E-state index >= 15 is 0 Å². The van der Waals surface area contributed by atoms with Gasteiger partial charge in [0.25, 0.3) is 5.91 Å². The molecule has 1 aliphatic heterocycles. The lowest BCUT2D eigenvalue weighted by Crippen LogP contribution is -2.19. The van der Waals surface area contributed by atoms with Gasteiger partial charge in [-0.2, -0.15) is 0 Å². The van der Waals surface area contributed by atoms with Crippen LogP contribution in [0.5, 0.6) is 0 Å². The van der Waals surface area contributed by atoms with E-state index in [0.717, 1.165) is 11.3 Å². The van der Waals surface area contributed by atoms with E-state index < -0.39 is 0 Å². The van der Waals surface area contributed by atoms with E-state index in [-0.39, 0.29) is 5.91 Å². The van der Waals surface area contributed by atoms with Crippen LogP contribution in [0.2, 0.25) is 0 Å². The molecule has 1 N–H and O–H groups in total. The minimum absolute atomic E-state index is 0.0775. The largest absolute Gasteiger partial charge is 0.351 e. The zero-order valence-electron chi connectivity index (χ0n) is 14.9. The van der Waals surface area contributed by atoms with Gasteiger partial charge in [-0.3, -0.25) is 4.79 Å². The Morgan fingerprint density at radius 1 is 1.15 bits per heavy atom. The summed E-state index contributed by atoms with van der Waals surface area (Å²) in [6, 6.07) is 10.7. The Bertz CT molecular complexity index is 858. The monoisotopic (exact) mass is 365 g/mol. The molecular weight excluding hydrogens is 342 g/mol. The minimum Gasteiger partial charge on any atom is -0.351 e. The van der Waals surface area contributed by atoms with Gasteiger partial charge in [0.2, 0.25) is 0 Å². The Labute approximate surface area is 158 Å². The first-order valence-corrected chi connectivity index (χ1v) is 10.0. The number of aryl methyl sites for hydroxylation is 1. The van der Waals surface area contributed by atoms with Crippen molar-refractivity contribution in [1.29, 1.82) is 0 Å². The van der Waals surface area contributed by atoms with Gasteiger partial charge < -0.3 is 9.88 Å². The number of aliphatic imine (C=N–C) groups is 1. The molecule has 1 saturated heterocycles. The molecule has 1 aromatic heterocycles. The molecule has 0 spiro atoms. The second-order valence-corrected chi connectivity index (χ2v) is 8.03. The van der Waals surface area contributed by atoms with Gasteiger partial charge in [0.15, 0.2) is 5.17 Å². The normalized spacial score (nSPS) is 21.5. The molecule has 0 radical (unpaired) electrons. The van der Waals surface area contributed by atoms with E-state index in [4.69, 9.17) is 0 Å².